The van der Waals surface area contributed by atoms with E-state index in [0.29, 0.717) is 5.57 Å². The number of carbonyl (C=O) groups is 1. The summed E-state index contributed by atoms with van der Waals surface area (Å²) in [5, 5.41) is 9.43. The molecule has 1 N–H and O–H groups in total. The highest BCUT2D eigenvalue weighted by Crippen LogP contribution is 2.05. The number of hydrogen-bond donors (Lipinski definition) is 1. The molecule has 0 aliphatic carbocycles. The van der Waals surface area contributed by atoms with E-state index in [9.17, 15) is 14.1 Å². The summed E-state index contributed by atoms with van der Waals surface area (Å²) in [6, 6.07) is 0. The Hall–Kier alpha value is -0.520. The van der Waals surface area contributed by atoms with Gasteiger partial charge in [0.15, 0.2) is 11.1 Å². The van der Waals surface area contributed by atoms with Crippen molar-refractivity contribution in [1.29, 1.82) is 0 Å². The largest absolute Gasteiger partial charge is 0.388 e. The summed E-state index contributed by atoms with van der Waals surface area (Å²) < 4.78 is 15.3. The lowest BCUT2D eigenvalue weighted by molar-refractivity contribution is -0.118. The average molecular weight is 220 g/mol. The van der Waals surface area contributed by atoms with Gasteiger partial charge in [0.25, 0.3) is 0 Å². The predicted molar refractivity (Wildman–Crippen MR) is 55.1 cm³/mol. The zero-order chi connectivity index (χ0) is 11.1. The highest BCUT2D eigenvalue weighted by Gasteiger charge is 2.08. The van der Waals surface area contributed by atoms with Crippen molar-refractivity contribution in [2.45, 2.75) is 26.4 Å². The third-order valence-corrected chi connectivity index (χ3v) is 2.11. The van der Waals surface area contributed by atoms with E-state index >= 15 is 0 Å². The van der Waals surface area contributed by atoms with Crippen molar-refractivity contribution in [3.8, 4) is 0 Å². The van der Waals surface area contributed by atoms with Crippen LogP contribution in [0.15, 0.2) is 11.6 Å². The lowest BCUT2D eigenvalue weighted by Crippen LogP contribution is -2.13. The molecule has 0 heterocycles. The van der Waals surface area contributed by atoms with Crippen LogP contribution in [0, 0.1) is 0 Å². The molecule has 0 amide bonds. The summed E-state index contributed by atoms with van der Waals surface area (Å²) >= 11 is -1.30. The molecule has 0 saturated carbocycles. The highest BCUT2D eigenvalue weighted by molar-refractivity contribution is 7.79. The van der Waals surface area contributed by atoms with Gasteiger partial charge >= 0.3 is 0 Å². The third-order valence-electron chi connectivity index (χ3n) is 1.65. The summed E-state index contributed by atoms with van der Waals surface area (Å²) in [5.41, 5.74) is 0.658. The van der Waals surface area contributed by atoms with Gasteiger partial charge in [0.1, 0.15) is 5.78 Å². The summed E-state index contributed by atoms with van der Waals surface area (Å²) in [4.78, 5) is 10.7. The van der Waals surface area contributed by atoms with E-state index < -0.39 is 17.2 Å². The molecule has 4 nitrogen and oxygen atoms in total. The summed E-state index contributed by atoms with van der Waals surface area (Å²) in [6.07, 6.45) is 2.39. The Labute approximate surface area is 86.6 Å². The first kappa shape index (κ1) is 13.5. The minimum Gasteiger partial charge on any atom is -0.388 e. The molecule has 82 valence electrons. The molecular formula is C9H16O4S. The second-order valence-electron chi connectivity index (χ2n) is 3.06. The lowest BCUT2D eigenvalue weighted by atomic mass is 10.1. The maximum atomic E-state index is 10.7. The zero-order valence-corrected chi connectivity index (χ0v) is 9.47. The van der Waals surface area contributed by atoms with Gasteiger partial charge in [-0.2, -0.15) is 0 Å². The summed E-state index contributed by atoms with van der Waals surface area (Å²) in [7, 11) is 0. The second kappa shape index (κ2) is 6.86. The Balaban J connectivity index is 3.96. The quantitative estimate of drug-likeness (QED) is 0.665. The number of ketones is 1. The molecular weight excluding hydrogens is 204 g/mol. The Morgan fingerprint density at radius 3 is 2.57 bits per heavy atom. The Morgan fingerprint density at radius 2 is 2.14 bits per heavy atom. The van der Waals surface area contributed by atoms with Gasteiger partial charge in [-0.1, -0.05) is 6.08 Å². The SMILES string of the molecule is CC(=O)C[C@H](O)/C(C)=C/COS(C)=O. The van der Waals surface area contributed by atoms with Gasteiger partial charge in [-0.05, 0) is 19.4 Å². The molecule has 5 heteroatoms. The van der Waals surface area contributed by atoms with E-state index in [-0.39, 0.29) is 18.8 Å². The van der Waals surface area contributed by atoms with Crippen LogP contribution in [0.2, 0.25) is 0 Å². The first-order valence-corrected chi connectivity index (χ1v) is 5.72. The summed E-state index contributed by atoms with van der Waals surface area (Å²) in [5.74, 6) is -0.0646. The van der Waals surface area contributed by atoms with Gasteiger partial charge in [-0.25, -0.2) is 4.21 Å². The molecule has 0 radical (unpaired) electrons. The topological polar surface area (TPSA) is 63.6 Å². The van der Waals surface area contributed by atoms with Crippen LogP contribution in [-0.2, 0) is 20.1 Å². The molecule has 1 unspecified atom stereocenters. The number of rotatable bonds is 6. The van der Waals surface area contributed by atoms with Gasteiger partial charge in [0.2, 0.25) is 0 Å². The van der Waals surface area contributed by atoms with Crippen molar-refractivity contribution in [3.63, 3.8) is 0 Å². The molecule has 14 heavy (non-hydrogen) atoms. The average Bonchev–Trinajstić information content (AvgIpc) is 2.01. The number of aliphatic hydroxyl groups excluding tert-OH is 1. The number of Topliss-reactive ketones (excluding diaryl/α,β-unsaturated/α-hetero) is 1. The number of hydrogen-bond acceptors (Lipinski definition) is 4. The van der Waals surface area contributed by atoms with E-state index in [0.717, 1.165) is 0 Å². The van der Waals surface area contributed by atoms with Crippen LogP contribution in [0.3, 0.4) is 0 Å². The van der Waals surface area contributed by atoms with Crippen LogP contribution in [0.25, 0.3) is 0 Å². The van der Waals surface area contributed by atoms with Gasteiger partial charge < -0.3 is 5.11 Å². The van der Waals surface area contributed by atoms with Gasteiger partial charge in [-0.3, -0.25) is 8.98 Å². The second-order valence-corrected chi connectivity index (χ2v) is 4.09. The van der Waals surface area contributed by atoms with E-state index in [1.54, 1.807) is 13.0 Å². The maximum Gasteiger partial charge on any atom is 0.152 e. The Kier molecular flexibility index (Phi) is 6.61. The number of aliphatic hydroxyl groups is 1. The molecule has 2 atom stereocenters. The van der Waals surface area contributed by atoms with Crippen LogP contribution in [0.4, 0.5) is 0 Å². The predicted octanol–water partition coefficient (Wildman–Crippen LogP) is 0.583. The fourth-order valence-electron chi connectivity index (χ4n) is 0.831. The van der Waals surface area contributed by atoms with Crippen LogP contribution in [-0.4, -0.2) is 34.1 Å². The third kappa shape index (κ3) is 6.94. The monoisotopic (exact) mass is 220 g/mol. The van der Waals surface area contributed by atoms with Crippen LogP contribution < -0.4 is 0 Å². The molecule has 0 aromatic heterocycles. The van der Waals surface area contributed by atoms with E-state index in [1.165, 1.54) is 13.2 Å². The molecule has 0 aromatic carbocycles. The van der Waals surface area contributed by atoms with E-state index in [4.69, 9.17) is 4.18 Å². The van der Waals surface area contributed by atoms with E-state index in [1.807, 2.05) is 0 Å². The Bertz CT molecular complexity index is 247. The lowest BCUT2D eigenvalue weighted by Gasteiger charge is -2.08. The summed E-state index contributed by atoms with van der Waals surface area (Å²) in [6.45, 7) is 3.31. The van der Waals surface area contributed by atoms with Crippen LogP contribution in [0.1, 0.15) is 20.3 Å². The zero-order valence-electron chi connectivity index (χ0n) is 8.65. The molecule has 0 aliphatic rings. The maximum absolute atomic E-state index is 10.7. The van der Waals surface area contributed by atoms with Crippen molar-refractivity contribution in [2.24, 2.45) is 0 Å². The highest BCUT2D eigenvalue weighted by atomic mass is 32.2. The smallest absolute Gasteiger partial charge is 0.152 e. The van der Waals surface area contributed by atoms with Crippen molar-refractivity contribution < 1.29 is 18.3 Å². The van der Waals surface area contributed by atoms with Gasteiger partial charge in [0, 0.05) is 12.7 Å². The van der Waals surface area contributed by atoms with E-state index in [2.05, 4.69) is 0 Å². The number of carbonyl (C=O) groups excluding carboxylic acids is 1. The standard InChI is InChI=1S/C9H16O4S/c1-7(4-5-13-14(3)12)9(11)6-8(2)10/h4,9,11H,5-6H2,1-3H3/b7-4+/t9-,14?/m0/s1. The fourth-order valence-corrected chi connectivity index (χ4v) is 1.09. The molecule has 0 saturated heterocycles. The van der Waals surface area contributed by atoms with Crippen molar-refractivity contribution in [3.05, 3.63) is 11.6 Å². The minimum atomic E-state index is -1.30. The Morgan fingerprint density at radius 1 is 1.57 bits per heavy atom. The van der Waals surface area contributed by atoms with Gasteiger partial charge in [-0.15, -0.1) is 0 Å². The molecule has 0 fully saturated rings. The van der Waals surface area contributed by atoms with Crippen LogP contribution in [0.5, 0.6) is 0 Å². The molecule has 0 bridgehead atoms. The van der Waals surface area contributed by atoms with Crippen molar-refractivity contribution in [1.82, 2.24) is 0 Å². The normalized spacial score (nSPS) is 16.4. The first-order chi connectivity index (χ1) is 6.43. The van der Waals surface area contributed by atoms with Crippen LogP contribution >= 0.6 is 0 Å². The first-order valence-electron chi connectivity index (χ1n) is 4.24. The fraction of sp³-hybridized carbons (Fsp3) is 0.667. The molecule has 0 aliphatic heterocycles. The molecule has 0 rings (SSSR count). The minimum absolute atomic E-state index is 0.0646. The molecule has 0 spiro atoms. The van der Waals surface area contributed by atoms with Crippen molar-refractivity contribution >= 4 is 16.9 Å². The van der Waals surface area contributed by atoms with Crippen molar-refractivity contribution in [2.75, 3.05) is 12.9 Å². The molecule has 0 aromatic rings. The van der Waals surface area contributed by atoms with Gasteiger partial charge in [0.05, 0.1) is 12.7 Å².